The molecule has 0 spiro atoms. The molecule has 1 aromatic heterocycles. The van der Waals surface area contributed by atoms with Crippen molar-refractivity contribution < 1.29 is 8.78 Å². The number of nitrogens with zero attached hydrogens (tertiary/aromatic N) is 2. The maximum atomic E-state index is 13.5. The highest BCUT2D eigenvalue weighted by Gasteiger charge is 2.42. The van der Waals surface area contributed by atoms with Gasteiger partial charge in [-0.25, -0.2) is 8.78 Å². The SMILES string of the molecule is Cl.Cn1cc(C2CNCCC2(F)F)cn1. The highest BCUT2D eigenvalue weighted by Crippen LogP contribution is 2.37. The van der Waals surface area contributed by atoms with Gasteiger partial charge in [0.1, 0.15) is 0 Å². The molecule has 0 aromatic carbocycles. The van der Waals surface area contributed by atoms with Crippen LogP contribution in [0.5, 0.6) is 0 Å². The number of rotatable bonds is 1. The maximum absolute atomic E-state index is 13.5. The molecule has 3 nitrogen and oxygen atoms in total. The first-order chi connectivity index (χ1) is 6.59. The van der Waals surface area contributed by atoms with Gasteiger partial charge in [-0.2, -0.15) is 5.10 Å². The van der Waals surface area contributed by atoms with Crippen LogP contribution in [0.25, 0.3) is 0 Å². The third-order valence-electron chi connectivity index (χ3n) is 2.62. The lowest BCUT2D eigenvalue weighted by Gasteiger charge is -2.31. The Morgan fingerprint density at radius 3 is 2.87 bits per heavy atom. The minimum Gasteiger partial charge on any atom is -0.316 e. The highest BCUT2D eigenvalue weighted by molar-refractivity contribution is 5.85. The zero-order valence-electron chi connectivity index (χ0n) is 8.41. The Balaban J connectivity index is 0.00000112. The molecule has 6 heteroatoms. The standard InChI is InChI=1S/C9H13F2N3.ClH/c1-14-6-7(4-13-14)8-5-12-3-2-9(8,10)11;/h4,6,8,12H,2-3,5H2,1H3;1H. The fourth-order valence-electron chi connectivity index (χ4n) is 1.81. The zero-order valence-corrected chi connectivity index (χ0v) is 9.23. The van der Waals surface area contributed by atoms with Gasteiger partial charge in [-0.3, -0.25) is 4.68 Å². The molecule has 15 heavy (non-hydrogen) atoms. The van der Waals surface area contributed by atoms with E-state index in [9.17, 15) is 8.78 Å². The lowest BCUT2D eigenvalue weighted by Crippen LogP contribution is -2.42. The Morgan fingerprint density at radius 2 is 2.33 bits per heavy atom. The molecular formula is C9H14ClF2N3. The van der Waals surface area contributed by atoms with E-state index in [0.29, 0.717) is 18.7 Å². The summed E-state index contributed by atoms with van der Waals surface area (Å²) in [6.07, 6.45) is 3.09. The van der Waals surface area contributed by atoms with E-state index in [1.54, 1.807) is 17.9 Å². The first-order valence-electron chi connectivity index (χ1n) is 4.67. The molecule has 2 rings (SSSR count). The van der Waals surface area contributed by atoms with Crippen LogP contribution in [0.1, 0.15) is 17.9 Å². The lowest BCUT2D eigenvalue weighted by atomic mass is 9.90. The molecule has 0 saturated carbocycles. The fraction of sp³-hybridized carbons (Fsp3) is 0.667. The summed E-state index contributed by atoms with van der Waals surface area (Å²) in [5.41, 5.74) is 0.615. The van der Waals surface area contributed by atoms with Gasteiger partial charge in [-0.15, -0.1) is 12.4 Å². The predicted molar refractivity (Wildman–Crippen MR) is 55.6 cm³/mol. The van der Waals surface area contributed by atoms with Gasteiger partial charge in [-0.1, -0.05) is 0 Å². The number of nitrogens with one attached hydrogen (secondary N) is 1. The van der Waals surface area contributed by atoms with Gasteiger partial charge >= 0.3 is 0 Å². The molecule has 1 aliphatic heterocycles. The Kier molecular flexibility index (Phi) is 3.67. The van der Waals surface area contributed by atoms with Crippen molar-refractivity contribution in [3.05, 3.63) is 18.0 Å². The van der Waals surface area contributed by atoms with E-state index < -0.39 is 11.8 Å². The molecule has 86 valence electrons. The maximum Gasteiger partial charge on any atom is 0.257 e. The summed E-state index contributed by atoms with van der Waals surface area (Å²) in [4.78, 5) is 0. The van der Waals surface area contributed by atoms with Crippen LogP contribution >= 0.6 is 12.4 Å². The van der Waals surface area contributed by atoms with E-state index >= 15 is 0 Å². The summed E-state index contributed by atoms with van der Waals surface area (Å²) < 4.78 is 28.5. The number of hydrogen-bond acceptors (Lipinski definition) is 2. The largest absolute Gasteiger partial charge is 0.316 e. The number of alkyl halides is 2. The minimum atomic E-state index is -2.60. The van der Waals surface area contributed by atoms with Gasteiger partial charge in [0.25, 0.3) is 5.92 Å². The normalized spacial score (nSPS) is 24.6. The summed E-state index contributed by atoms with van der Waals surface area (Å²) in [5, 5.41) is 6.89. The first kappa shape index (κ1) is 12.4. The van der Waals surface area contributed by atoms with Gasteiger partial charge in [0.15, 0.2) is 0 Å². The molecule has 1 aromatic rings. The predicted octanol–water partition coefficient (Wildman–Crippen LogP) is 1.55. The summed E-state index contributed by atoms with van der Waals surface area (Å²) >= 11 is 0. The third-order valence-corrected chi connectivity index (χ3v) is 2.62. The molecule has 0 bridgehead atoms. The van der Waals surface area contributed by atoms with E-state index in [1.165, 1.54) is 6.20 Å². The van der Waals surface area contributed by atoms with E-state index in [0.717, 1.165) is 0 Å². The minimum absolute atomic E-state index is 0. The van der Waals surface area contributed by atoms with E-state index in [2.05, 4.69) is 10.4 Å². The molecule has 1 fully saturated rings. The third kappa shape index (κ3) is 2.46. The first-order valence-corrected chi connectivity index (χ1v) is 4.67. The van der Waals surface area contributed by atoms with Crippen LogP contribution in [-0.4, -0.2) is 28.8 Å². The number of hydrogen-bond donors (Lipinski definition) is 1. The van der Waals surface area contributed by atoms with Gasteiger partial charge in [0.2, 0.25) is 0 Å². The van der Waals surface area contributed by atoms with Crippen molar-refractivity contribution in [2.45, 2.75) is 18.3 Å². The fourth-order valence-corrected chi connectivity index (χ4v) is 1.81. The van der Waals surface area contributed by atoms with Gasteiger partial charge in [0.05, 0.1) is 12.1 Å². The van der Waals surface area contributed by atoms with Gasteiger partial charge in [0, 0.05) is 38.3 Å². The summed E-state index contributed by atoms with van der Waals surface area (Å²) in [5.74, 6) is -3.33. The second kappa shape index (κ2) is 4.45. The molecule has 1 N–H and O–H groups in total. The topological polar surface area (TPSA) is 29.9 Å². The average Bonchev–Trinajstić information content (AvgIpc) is 2.51. The molecule has 0 radical (unpaired) electrons. The van der Waals surface area contributed by atoms with Crippen molar-refractivity contribution in [2.75, 3.05) is 13.1 Å². The number of halogens is 3. The molecule has 2 heterocycles. The summed E-state index contributed by atoms with van der Waals surface area (Å²) in [6.45, 7) is 0.725. The molecule has 1 unspecified atom stereocenters. The van der Waals surface area contributed by atoms with E-state index in [1.807, 2.05) is 0 Å². The van der Waals surface area contributed by atoms with Crippen molar-refractivity contribution in [2.24, 2.45) is 7.05 Å². The van der Waals surface area contributed by atoms with Crippen molar-refractivity contribution >= 4 is 12.4 Å². The Hall–Kier alpha value is -0.680. The Morgan fingerprint density at radius 1 is 1.60 bits per heavy atom. The van der Waals surface area contributed by atoms with Gasteiger partial charge in [-0.05, 0) is 0 Å². The van der Waals surface area contributed by atoms with Crippen molar-refractivity contribution in [3.8, 4) is 0 Å². The second-order valence-electron chi connectivity index (χ2n) is 3.72. The monoisotopic (exact) mass is 237 g/mol. The van der Waals surface area contributed by atoms with Crippen LogP contribution in [-0.2, 0) is 7.05 Å². The quantitative estimate of drug-likeness (QED) is 0.803. The molecule has 0 aliphatic carbocycles. The Labute approximate surface area is 93.3 Å². The molecule has 1 saturated heterocycles. The second-order valence-corrected chi connectivity index (χ2v) is 3.72. The Bertz CT molecular complexity index is 327. The summed E-state index contributed by atoms with van der Waals surface area (Å²) in [6, 6.07) is 0. The average molecular weight is 238 g/mol. The number of piperidine rings is 1. The highest BCUT2D eigenvalue weighted by atomic mass is 35.5. The number of aromatic nitrogens is 2. The van der Waals surface area contributed by atoms with Crippen LogP contribution in [0.3, 0.4) is 0 Å². The lowest BCUT2D eigenvalue weighted by molar-refractivity contribution is -0.0479. The molecule has 1 atom stereocenters. The van der Waals surface area contributed by atoms with Crippen LogP contribution in [0, 0.1) is 0 Å². The van der Waals surface area contributed by atoms with Crippen molar-refractivity contribution in [1.82, 2.24) is 15.1 Å². The van der Waals surface area contributed by atoms with E-state index in [-0.39, 0.29) is 18.8 Å². The van der Waals surface area contributed by atoms with Crippen LogP contribution in [0.15, 0.2) is 12.4 Å². The molecule has 0 amide bonds. The molecular weight excluding hydrogens is 224 g/mol. The van der Waals surface area contributed by atoms with Crippen LogP contribution < -0.4 is 5.32 Å². The zero-order chi connectivity index (χ0) is 10.2. The van der Waals surface area contributed by atoms with Crippen LogP contribution in [0.2, 0.25) is 0 Å². The summed E-state index contributed by atoms with van der Waals surface area (Å²) in [7, 11) is 1.73. The van der Waals surface area contributed by atoms with E-state index in [4.69, 9.17) is 0 Å². The van der Waals surface area contributed by atoms with Crippen molar-refractivity contribution in [3.63, 3.8) is 0 Å². The number of aryl methyl sites for hydroxylation is 1. The van der Waals surface area contributed by atoms with Gasteiger partial charge < -0.3 is 5.32 Å². The van der Waals surface area contributed by atoms with Crippen molar-refractivity contribution in [1.29, 1.82) is 0 Å². The molecule has 1 aliphatic rings. The smallest absolute Gasteiger partial charge is 0.257 e. The van der Waals surface area contributed by atoms with Crippen LogP contribution in [0.4, 0.5) is 8.78 Å².